The van der Waals surface area contributed by atoms with E-state index in [1.54, 1.807) is 6.20 Å². The monoisotopic (exact) mass is 216 g/mol. The number of fused-ring (bicyclic) bond motifs is 3. The molecule has 6 heteroatoms. The van der Waals surface area contributed by atoms with Crippen LogP contribution in [0.25, 0.3) is 5.69 Å². The molecule has 0 fully saturated rings. The van der Waals surface area contributed by atoms with Crippen molar-refractivity contribution in [1.29, 1.82) is 0 Å². The Labute approximate surface area is 92.8 Å². The van der Waals surface area contributed by atoms with E-state index in [9.17, 15) is 0 Å². The molecule has 0 radical (unpaired) electrons. The Bertz CT molecular complexity index is 530. The van der Waals surface area contributed by atoms with Gasteiger partial charge in [-0.1, -0.05) is 13.8 Å². The van der Waals surface area contributed by atoms with E-state index in [2.05, 4.69) is 39.3 Å². The van der Waals surface area contributed by atoms with Crippen LogP contribution in [0, 0.1) is 0 Å². The maximum Gasteiger partial charge on any atom is 0.157 e. The largest absolute Gasteiger partial charge is 0.361 e. The van der Waals surface area contributed by atoms with Crippen LogP contribution in [0.5, 0.6) is 0 Å². The van der Waals surface area contributed by atoms with E-state index in [4.69, 9.17) is 0 Å². The predicted molar refractivity (Wildman–Crippen MR) is 58.4 cm³/mol. The van der Waals surface area contributed by atoms with Crippen LogP contribution < -0.4 is 5.32 Å². The van der Waals surface area contributed by atoms with E-state index in [-0.39, 0.29) is 0 Å². The summed E-state index contributed by atoms with van der Waals surface area (Å²) in [5.41, 5.74) is 0.928. The molecule has 0 bridgehead atoms. The van der Waals surface area contributed by atoms with Crippen LogP contribution >= 0.6 is 0 Å². The average molecular weight is 216 g/mol. The number of hydrogen-bond acceptors (Lipinski definition) is 5. The zero-order valence-electron chi connectivity index (χ0n) is 9.18. The van der Waals surface area contributed by atoms with Crippen molar-refractivity contribution in [3.8, 4) is 5.69 Å². The van der Waals surface area contributed by atoms with E-state index in [1.165, 1.54) is 6.33 Å². The molecular weight excluding hydrogens is 204 g/mol. The Balaban J connectivity index is 2.25. The number of nitrogens with one attached hydrogen (secondary N) is 1. The summed E-state index contributed by atoms with van der Waals surface area (Å²) in [5, 5.41) is 11.6. The molecule has 16 heavy (non-hydrogen) atoms. The van der Waals surface area contributed by atoms with Crippen molar-refractivity contribution in [2.75, 3.05) is 5.32 Å². The fraction of sp³-hybridized carbons (Fsp3) is 0.400. The van der Waals surface area contributed by atoms with E-state index < -0.39 is 0 Å². The summed E-state index contributed by atoms with van der Waals surface area (Å²) in [6, 6.07) is 0. The van der Waals surface area contributed by atoms with E-state index >= 15 is 0 Å². The van der Waals surface area contributed by atoms with Crippen molar-refractivity contribution in [3.05, 3.63) is 24.2 Å². The molecule has 0 amide bonds. The first kappa shape index (κ1) is 9.26. The Hall–Kier alpha value is -1.98. The summed E-state index contributed by atoms with van der Waals surface area (Å²) < 4.78 is 2.04. The molecule has 0 saturated heterocycles. The van der Waals surface area contributed by atoms with Crippen LogP contribution in [0.2, 0.25) is 0 Å². The highest BCUT2D eigenvalue weighted by molar-refractivity contribution is 5.57. The van der Waals surface area contributed by atoms with Gasteiger partial charge in [0.2, 0.25) is 0 Å². The van der Waals surface area contributed by atoms with Gasteiger partial charge in [-0.05, 0) is 0 Å². The summed E-state index contributed by atoms with van der Waals surface area (Å²) in [6.07, 6.45) is 3.32. The van der Waals surface area contributed by atoms with E-state index in [1.807, 2.05) is 4.57 Å². The van der Waals surface area contributed by atoms with E-state index in [0.29, 0.717) is 12.5 Å². The normalized spacial score (nSPS) is 13.2. The fourth-order valence-electron chi connectivity index (χ4n) is 1.87. The van der Waals surface area contributed by atoms with Crippen LogP contribution in [0.3, 0.4) is 0 Å². The van der Waals surface area contributed by atoms with Gasteiger partial charge >= 0.3 is 0 Å². The second-order valence-corrected chi connectivity index (χ2v) is 4.07. The predicted octanol–water partition coefficient (Wildman–Crippen LogP) is 1.11. The molecule has 6 nitrogen and oxygen atoms in total. The highest BCUT2D eigenvalue weighted by Crippen LogP contribution is 2.27. The summed E-state index contributed by atoms with van der Waals surface area (Å²) in [7, 11) is 0. The third-order valence-electron chi connectivity index (χ3n) is 2.62. The zero-order valence-corrected chi connectivity index (χ0v) is 9.18. The second kappa shape index (κ2) is 3.26. The minimum absolute atomic E-state index is 0.326. The number of nitrogens with zero attached hydrogens (tertiary/aromatic N) is 5. The van der Waals surface area contributed by atoms with Crippen molar-refractivity contribution in [2.24, 2.45) is 0 Å². The van der Waals surface area contributed by atoms with Gasteiger partial charge in [0.15, 0.2) is 11.6 Å². The fourth-order valence-corrected chi connectivity index (χ4v) is 1.87. The molecular formula is C10H12N6. The third-order valence-corrected chi connectivity index (χ3v) is 2.62. The molecule has 0 atom stereocenters. The molecule has 0 unspecified atom stereocenters. The molecule has 0 aliphatic carbocycles. The van der Waals surface area contributed by atoms with Gasteiger partial charge in [-0.2, -0.15) is 0 Å². The molecule has 3 rings (SSSR count). The van der Waals surface area contributed by atoms with Gasteiger partial charge in [0.05, 0.1) is 12.7 Å². The molecule has 0 aromatic carbocycles. The minimum Gasteiger partial charge on any atom is -0.361 e. The zero-order chi connectivity index (χ0) is 11.1. The molecule has 1 N–H and O–H groups in total. The van der Waals surface area contributed by atoms with Gasteiger partial charge in [0, 0.05) is 5.92 Å². The lowest BCUT2D eigenvalue weighted by molar-refractivity contribution is 0.727. The van der Waals surface area contributed by atoms with Gasteiger partial charge in [-0.3, -0.25) is 4.57 Å². The van der Waals surface area contributed by atoms with E-state index in [0.717, 1.165) is 23.2 Å². The SMILES string of the molecule is CC(C)c1nnc2n1-c1cncnc1NC2. The molecule has 1 aliphatic heterocycles. The standard InChI is InChI=1S/C10H12N6/c1-6(2)10-15-14-8-4-12-9-7(16(8)10)3-11-5-13-9/h3,5-6H,4H2,1-2H3,(H,11,12,13). The third kappa shape index (κ3) is 1.19. The lowest BCUT2D eigenvalue weighted by Crippen LogP contribution is -2.18. The first-order chi connectivity index (χ1) is 7.77. The van der Waals surface area contributed by atoms with Crippen molar-refractivity contribution in [1.82, 2.24) is 24.7 Å². The Morgan fingerprint density at radius 3 is 3.06 bits per heavy atom. The maximum atomic E-state index is 4.21. The Kier molecular flexibility index (Phi) is 1.89. The highest BCUT2D eigenvalue weighted by atomic mass is 15.3. The van der Waals surface area contributed by atoms with Crippen molar-refractivity contribution >= 4 is 5.82 Å². The summed E-state index contributed by atoms with van der Waals surface area (Å²) >= 11 is 0. The first-order valence-electron chi connectivity index (χ1n) is 5.26. The summed E-state index contributed by atoms with van der Waals surface area (Å²) in [4.78, 5) is 8.25. The van der Waals surface area contributed by atoms with Crippen molar-refractivity contribution in [3.63, 3.8) is 0 Å². The van der Waals surface area contributed by atoms with Crippen LogP contribution in [0.4, 0.5) is 5.82 Å². The van der Waals surface area contributed by atoms with Gasteiger partial charge in [0.25, 0.3) is 0 Å². The second-order valence-electron chi connectivity index (χ2n) is 4.07. The van der Waals surface area contributed by atoms with Crippen LogP contribution in [0.1, 0.15) is 31.4 Å². The van der Waals surface area contributed by atoms with Crippen LogP contribution in [-0.2, 0) is 6.54 Å². The molecule has 2 aromatic heterocycles. The van der Waals surface area contributed by atoms with Gasteiger partial charge < -0.3 is 5.32 Å². The smallest absolute Gasteiger partial charge is 0.157 e. The molecule has 0 saturated carbocycles. The van der Waals surface area contributed by atoms with Crippen LogP contribution in [0.15, 0.2) is 12.5 Å². The van der Waals surface area contributed by atoms with Gasteiger partial charge in [0.1, 0.15) is 17.8 Å². The number of anilines is 1. The average Bonchev–Trinajstić information content (AvgIpc) is 2.73. The number of aromatic nitrogens is 5. The first-order valence-corrected chi connectivity index (χ1v) is 5.26. The molecule has 3 heterocycles. The number of hydrogen-bond donors (Lipinski definition) is 1. The molecule has 2 aromatic rings. The van der Waals surface area contributed by atoms with Gasteiger partial charge in [-0.25, -0.2) is 9.97 Å². The summed E-state index contributed by atoms with van der Waals surface area (Å²) in [6.45, 7) is 4.86. The lowest BCUT2D eigenvalue weighted by Gasteiger charge is -2.19. The minimum atomic E-state index is 0.326. The van der Waals surface area contributed by atoms with Gasteiger partial charge in [-0.15, -0.1) is 10.2 Å². The topological polar surface area (TPSA) is 68.5 Å². The number of rotatable bonds is 1. The quantitative estimate of drug-likeness (QED) is 0.773. The van der Waals surface area contributed by atoms with Crippen molar-refractivity contribution in [2.45, 2.75) is 26.3 Å². The lowest BCUT2D eigenvalue weighted by atomic mass is 10.2. The summed E-state index contributed by atoms with van der Waals surface area (Å²) in [5.74, 6) is 3.02. The Morgan fingerprint density at radius 1 is 1.38 bits per heavy atom. The molecule has 0 spiro atoms. The van der Waals surface area contributed by atoms with Crippen molar-refractivity contribution < 1.29 is 0 Å². The maximum absolute atomic E-state index is 4.21. The van der Waals surface area contributed by atoms with Crippen LogP contribution in [-0.4, -0.2) is 24.7 Å². The Morgan fingerprint density at radius 2 is 2.25 bits per heavy atom. The molecule has 1 aliphatic rings. The highest BCUT2D eigenvalue weighted by Gasteiger charge is 2.22. The molecule has 82 valence electrons.